The first-order valence-corrected chi connectivity index (χ1v) is 7.36. The van der Waals surface area contributed by atoms with Gasteiger partial charge in [0.15, 0.2) is 6.10 Å². The van der Waals surface area contributed by atoms with E-state index in [1.54, 1.807) is 0 Å². The Balaban J connectivity index is 1.83. The second kappa shape index (κ2) is 5.59. The first kappa shape index (κ1) is 13.2. The van der Waals surface area contributed by atoms with E-state index in [0.717, 1.165) is 19.5 Å². The van der Waals surface area contributed by atoms with Crippen LogP contribution in [-0.4, -0.2) is 58.3 Å². The zero-order valence-corrected chi connectivity index (χ0v) is 11.3. The zero-order valence-electron chi connectivity index (χ0n) is 10.5. The minimum atomic E-state index is -0.817. The number of carboxylic acids is 1. The minimum Gasteiger partial charge on any atom is -0.479 e. The summed E-state index contributed by atoms with van der Waals surface area (Å²) in [5.74, 6) is 0.351. The van der Waals surface area contributed by atoms with Gasteiger partial charge in [0.25, 0.3) is 0 Å². The fraction of sp³-hybridized carbons (Fsp3) is 0.917. The molecule has 1 N–H and O–H groups in total. The van der Waals surface area contributed by atoms with E-state index in [-0.39, 0.29) is 6.10 Å². The molecule has 0 bridgehead atoms. The molecule has 4 nitrogen and oxygen atoms in total. The Bertz CT molecular complexity index is 287. The molecule has 0 aromatic carbocycles. The van der Waals surface area contributed by atoms with Crippen LogP contribution in [0.3, 0.4) is 0 Å². The van der Waals surface area contributed by atoms with Crippen molar-refractivity contribution in [2.24, 2.45) is 0 Å². The van der Waals surface area contributed by atoms with Crippen molar-refractivity contribution in [1.82, 2.24) is 4.90 Å². The van der Waals surface area contributed by atoms with Crippen molar-refractivity contribution >= 4 is 17.7 Å². The number of rotatable bonds is 3. The number of hydrogen-bond donors (Lipinski definition) is 1. The highest BCUT2D eigenvalue weighted by Crippen LogP contribution is 2.27. The monoisotopic (exact) mass is 259 g/mol. The molecule has 0 amide bonds. The number of ether oxygens (including phenoxy) is 1. The normalized spacial score (nSPS) is 39.4. The molecule has 0 radical (unpaired) electrons. The van der Waals surface area contributed by atoms with E-state index in [9.17, 15) is 4.79 Å². The molecule has 2 aliphatic rings. The largest absolute Gasteiger partial charge is 0.479 e. The van der Waals surface area contributed by atoms with Crippen molar-refractivity contribution in [3.63, 3.8) is 0 Å². The maximum absolute atomic E-state index is 10.8. The average molecular weight is 259 g/mol. The van der Waals surface area contributed by atoms with Gasteiger partial charge in [-0.05, 0) is 19.8 Å². The van der Waals surface area contributed by atoms with E-state index in [4.69, 9.17) is 9.84 Å². The van der Waals surface area contributed by atoms with Crippen LogP contribution in [0.5, 0.6) is 0 Å². The van der Waals surface area contributed by atoms with Gasteiger partial charge in [-0.15, -0.1) is 0 Å². The van der Waals surface area contributed by atoms with E-state index in [2.05, 4.69) is 18.7 Å². The first-order valence-electron chi connectivity index (χ1n) is 6.32. The average Bonchev–Trinajstić information content (AvgIpc) is 2.73. The van der Waals surface area contributed by atoms with Gasteiger partial charge in [-0.1, -0.05) is 6.92 Å². The van der Waals surface area contributed by atoms with E-state index in [1.165, 1.54) is 5.75 Å². The van der Waals surface area contributed by atoms with Crippen LogP contribution in [0, 0.1) is 0 Å². The lowest BCUT2D eigenvalue weighted by molar-refractivity contribution is -0.149. The molecular formula is C12H21NO3S. The molecule has 2 heterocycles. The quantitative estimate of drug-likeness (QED) is 0.831. The zero-order chi connectivity index (χ0) is 12.4. The van der Waals surface area contributed by atoms with E-state index in [1.807, 2.05) is 11.8 Å². The van der Waals surface area contributed by atoms with Gasteiger partial charge in [0.1, 0.15) is 0 Å². The molecule has 5 heteroatoms. The first-order chi connectivity index (χ1) is 8.08. The summed E-state index contributed by atoms with van der Waals surface area (Å²) in [5.41, 5.74) is 0. The summed E-state index contributed by atoms with van der Waals surface area (Å²) in [6.07, 6.45) is 1.06. The van der Waals surface area contributed by atoms with Crippen LogP contribution in [0.4, 0.5) is 0 Å². The molecule has 4 atom stereocenters. The van der Waals surface area contributed by atoms with Gasteiger partial charge in [0, 0.05) is 30.1 Å². The molecule has 98 valence electrons. The Morgan fingerprint density at radius 2 is 2.24 bits per heavy atom. The van der Waals surface area contributed by atoms with Crippen LogP contribution in [-0.2, 0) is 9.53 Å². The van der Waals surface area contributed by atoms with E-state index < -0.39 is 12.1 Å². The van der Waals surface area contributed by atoms with Crippen LogP contribution < -0.4 is 0 Å². The van der Waals surface area contributed by atoms with Crippen molar-refractivity contribution in [3.8, 4) is 0 Å². The second-order valence-electron chi connectivity index (χ2n) is 4.97. The van der Waals surface area contributed by atoms with Crippen molar-refractivity contribution in [3.05, 3.63) is 0 Å². The molecule has 0 spiro atoms. The van der Waals surface area contributed by atoms with Gasteiger partial charge in [0.05, 0.1) is 6.10 Å². The van der Waals surface area contributed by atoms with Crippen molar-refractivity contribution in [2.45, 2.75) is 50.2 Å². The van der Waals surface area contributed by atoms with Crippen LogP contribution in [0.15, 0.2) is 0 Å². The molecule has 2 rings (SSSR count). The Morgan fingerprint density at radius 1 is 1.47 bits per heavy atom. The van der Waals surface area contributed by atoms with Gasteiger partial charge < -0.3 is 9.84 Å². The van der Waals surface area contributed by atoms with Gasteiger partial charge in [-0.2, -0.15) is 11.8 Å². The Labute approximate surface area is 107 Å². The third-order valence-corrected chi connectivity index (χ3v) is 5.17. The number of nitrogens with zero attached hydrogens (tertiary/aromatic N) is 1. The van der Waals surface area contributed by atoms with E-state index in [0.29, 0.717) is 17.7 Å². The topological polar surface area (TPSA) is 49.8 Å². The Hall–Kier alpha value is -0.260. The molecule has 4 unspecified atom stereocenters. The van der Waals surface area contributed by atoms with Crippen LogP contribution in [0.25, 0.3) is 0 Å². The molecule has 2 saturated heterocycles. The summed E-state index contributed by atoms with van der Waals surface area (Å²) >= 11 is 2.02. The summed E-state index contributed by atoms with van der Waals surface area (Å²) in [5, 5.41) is 9.54. The van der Waals surface area contributed by atoms with Crippen LogP contribution in [0.2, 0.25) is 0 Å². The number of thioether (sulfide) groups is 1. The SMILES string of the molecule is CC1SCCN(CC2CCC(C(=O)O)O2)C1C. The van der Waals surface area contributed by atoms with Crippen molar-refractivity contribution in [1.29, 1.82) is 0 Å². The molecule has 0 aromatic heterocycles. The lowest BCUT2D eigenvalue weighted by atomic mass is 10.1. The molecule has 0 aliphatic carbocycles. The molecular weight excluding hydrogens is 238 g/mol. The summed E-state index contributed by atoms with van der Waals surface area (Å²) in [7, 11) is 0. The minimum absolute atomic E-state index is 0.105. The fourth-order valence-electron chi connectivity index (χ4n) is 2.54. The van der Waals surface area contributed by atoms with Gasteiger partial charge in [-0.25, -0.2) is 4.79 Å². The van der Waals surface area contributed by atoms with Crippen LogP contribution in [0.1, 0.15) is 26.7 Å². The standard InChI is InChI=1S/C12H21NO3S/c1-8-9(2)17-6-5-13(8)7-10-3-4-11(16-10)12(14)15/h8-11H,3-7H2,1-2H3,(H,14,15). The molecule has 2 fully saturated rings. The highest BCUT2D eigenvalue weighted by atomic mass is 32.2. The summed E-state index contributed by atoms with van der Waals surface area (Å²) in [6, 6.07) is 0.557. The number of carboxylic acid groups (broad SMARTS) is 1. The Morgan fingerprint density at radius 3 is 2.88 bits per heavy atom. The summed E-state index contributed by atoms with van der Waals surface area (Å²) in [6.45, 7) is 6.49. The maximum atomic E-state index is 10.8. The van der Waals surface area contributed by atoms with Crippen molar-refractivity contribution in [2.75, 3.05) is 18.8 Å². The highest BCUT2D eigenvalue weighted by molar-refractivity contribution is 8.00. The second-order valence-corrected chi connectivity index (χ2v) is 6.46. The molecule has 17 heavy (non-hydrogen) atoms. The predicted molar refractivity (Wildman–Crippen MR) is 68.5 cm³/mol. The number of carbonyl (C=O) groups is 1. The molecule has 0 saturated carbocycles. The summed E-state index contributed by atoms with van der Waals surface area (Å²) in [4.78, 5) is 13.3. The Kier molecular flexibility index (Phi) is 4.33. The summed E-state index contributed by atoms with van der Waals surface area (Å²) < 4.78 is 5.56. The van der Waals surface area contributed by atoms with E-state index >= 15 is 0 Å². The van der Waals surface area contributed by atoms with Crippen LogP contribution >= 0.6 is 11.8 Å². The number of hydrogen-bond acceptors (Lipinski definition) is 4. The van der Waals surface area contributed by atoms with Gasteiger partial charge >= 0.3 is 5.97 Å². The molecule has 0 aromatic rings. The molecule has 2 aliphatic heterocycles. The highest BCUT2D eigenvalue weighted by Gasteiger charge is 2.34. The third kappa shape index (κ3) is 3.14. The fourth-order valence-corrected chi connectivity index (χ4v) is 3.70. The lowest BCUT2D eigenvalue weighted by Crippen LogP contribution is -2.47. The smallest absolute Gasteiger partial charge is 0.332 e. The van der Waals surface area contributed by atoms with Gasteiger partial charge in [-0.3, -0.25) is 4.90 Å². The predicted octanol–water partition coefficient (Wildman–Crippen LogP) is 1.44. The maximum Gasteiger partial charge on any atom is 0.332 e. The van der Waals surface area contributed by atoms with Gasteiger partial charge in [0.2, 0.25) is 0 Å². The third-order valence-electron chi connectivity index (χ3n) is 3.84. The number of aliphatic carboxylic acids is 1. The van der Waals surface area contributed by atoms with Crippen molar-refractivity contribution < 1.29 is 14.6 Å². The lowest BCUT2D eigenvalue weighted by Gasteiger charge is -2.38.